The molecule has 0 aromatic carbocycles. The molecule has 0 aromatic heterocycles. The quantitative estimate of drug-likeness (QED) is 0.540. The number of carboxylic acids is 1. The summed E-state index contributed by atoms with van der Waals surface area (Å²) in [5.74, 6) is -3.72. The molecule has 80 valence electrons. The molecule has 0 rings (SSSR count). The highest BCUT2D eigenvalue weighted by Gasteiger charge is 2.35. The molecule has 14 heavy (non-hydrogen) atoms. The molecule has 0 aromatic rings. The fourth-order valence-corrected chi connectivity index (χ4v) is 0.673. The number of carbonyl (C=O) groups excluding carboxylic acids is 2. The second-order valence-electron chi connectivity index (χ2n) is 2.34. The normalized spacial score (nSPS) is 13.9. The largest absolute Gasteiger partial charge is 0.478 e. The Bertz CT molecular complexity index is 246. The van der Waals surface area contributed by atoms with Gasteiger partial charge in [-0.2, -0.15) is 0 Å². The Balaban J connectivity index is 4.56. The first kappa shape index (κ1) is 12.4. The van der Waals surface area contributed by atoms with Crippen LogP contribution >= 0.6 is 0 Å². The molecule has 0 aliphatic heterocycles. The lowest BCUT2D eigenvalue weighted by Gasteiger charge is -2.16. The fourth-order valence-electron chi connectivity index (χ4n) is 0.673. The van der Waals surface area contributed by atoms with Crippen LogP contribution in [0.3, 0.4) is 0 Å². The lowest BCUT2D eigenvalue weighted by Crippen LogP contribution is -2.43. The average Bonchev–Trinajstić information content (AvgIpc) is 2.11. The van der Waals surface area contributed by atoms with Crippen LogP contribution in [0.5, 0.6) is 0 Å². The van der Waals surface area contributed by atoms with Crippen LogP contribution in [-0.2, 0) is 23.9 Å². The molecule has 0 saturated carbocycles. The number of carboxylic acid groups (broad SMARTS) is 1. The maximum absolute atomic E-state index is 10.7. The van der Waals surface area contributed by atoms with Gasteiger partial charge in [-0.3, -0.25) is 4.79 Å². The summed E-state index contributed by atoms with van der Waals surface area (Å²) in [7, 11) is 0.970. The molecule has 0 fully saturated rings. The van der Waals surface area contributed by atoms with Gasteiger partial charge in [-0.05, 0) is 0 Å². The molecule has 0 aliphatic carbocycles. The zero-order valence-electron chi connectivity index (χ0n) is 7.59. The van der Waals surface area contributed by atoms with Crippen molar-refractivity contribution in [3.05, 3.63) is 0 Å². The number of ether oxygens (including phenoxy) is 2. The van der Waals surface area contributed by atoms with Crippen molar-refractivity contribution in [3.8, 4) is 0 Å². The molecule has 0 heterocycles. The molecular formula is C7H10O7. The van der Waals surface area contributed by atoms with Gasteiger partial charge in [0.15, 0.2) is 6.10 Å². The minimum Gasteiger partial charge on any atom is -0.478 e. The first-order valence-electron chi connectivity index (χ1n) is 3.56. The van der Waals surface area contributed by atoms with Gasteiger partial charge in [-0.1, -0.05) is 0 Å². The molecule has 0 amide bonds. The van der Waals surface area contributed by atoms with Crippen LogP contribution in [0.25, 0.3) is 0 Å². The van der Waals surface area contributed by atoms with E-state index in [0.29, 0.717) is 0 Å². The van der Waals surface area contributed by atoms with Crippen molar-refractivity contribution in [2.75, 3.05) is 7.11 Å². The van der Waals surface area contributed by atoms with Crippen molar-refractivity contribution in [2.24, 2.45) is 0 Å². The minimum atomic E-state index is -2.03. The third-order valence-electron chi connectivity index (χ3n) is 1.27. The Morgan fingerprint density at radius 1 is 1.29 bits per heavy atom. The van der Waals surface area contributed by atoms with Gasteiger partial charge in [0.2, 0.25) is 6.10 Å². The van der Waals surface area contributed by atoms with E-state index in [1.807, 2.05) is 0 Å². The van der Waals surface area contributed by atoms with Crippen LogP contribution in [0.1, 0.15) is 6.92 Å². The van der Waals surface area contributed by atoms with E-state index in [2.05, 4.69) is 9.47 Å². The van der Waals surface area contributed by atoms with Gasteiger partial charge in [-0.15, -0.1) is 0 Å². The van der Waals surface area contributed by atoms with E-state index in [1.165, 1.54) is 0 Å². The molecule has 0 saturated heterocycles. The number of esters is 2. The zero-order valence-corrected chi connectivity index (χ0v) is 7.59. The number of aliphatic hydroxyl groups excluding tert-OH is 1. The number of hydrogen-bond donors (Lipinski definition) is 2. The molecule has 0 spiro atoms. The van der Waals surface area contributed by atoms with Crippen LogP contribution in [0.2, 0.25) is 0 Å². The Hall–Kier alpha value is -1.63. The first-order valence-corrected chi connectivity index (χ1v) is 3.56. The average molecular weight is 206 g/mol. The standard InChI is InChI=1S/C7H10O7/c1-3(8)14-5(6(10)11)4(9)7(12)13-2/h4-5,9H,1-2H3,(H,10,11)/t4-,5-/m1/s1. The van der Waals surface area contributed by atoms with Gasteiger partial charge in [0.25, 0.3) is 0 Å². The molecule has 0 radical (unpaired) electrons. The van der Waals surface area contributed by atoms with E-state index in [9.17, 15) is 14.4 Å². The highest BCUT2D eigenvalue weighted by atomic mass is 16.6. The Kier molecular flexibility index (Phi) is 4.57. The molecule has 0 aliphatic rings. The highest BCUT2D eigenvalue weighted by molar-refractivity contribution is 5.86. The minimum absolute atomic E-state index is 0.916. The smallest absolute Gasteiger partial charge is 0.348 e. The summed E-state index contributed by atoms with van der Waals surface area (Å²) in [6, 6.07) is 0. The van der Waals surface area contributed by atoms with Crippen molar-refractivity contribution >= 4 is 17.9 Å². The van der Waals surface area contributed by atoms with Crippen LogP contribution < -0.4 is 0 Å². The summed E-state index contributed by atoms with van der Waals surface area (Å²) in [4.78, 5) is 31.6. The predicted molar refractivity (Wildman–Crippen MR) is 41.2 cm³/mol. The van der Waals surface area contributed by atoms with Gasteiger partial charge in [0.05, 0.1) is 7.11 Å². The van der Waals surface area contributed by atoms with Crippen molar-refractivity contribution in [1.82, 2.24) is 0 Å². The molecule has 2 N–H and O–H groups in total. The molecular weight excluding hydrogens is 196 g/mol. The SMILES string of the molecule is COC(=O)[C@H](O)[C@@H](OC(C)=O)C(=O)O. The molecule has 2 atom stereocenters. The van der Waals surface area contributed by atoms with Gasteiger partial charge in [0.1, 0.15) is 0 Å². The highest BCUT2D eigenvalue weighted by Crippen LogP contribution is 2.02. The number of hydrogen-bond acceptors (Lipinski definition) is 6. The molecule has 7 heteroatoms. The second kappa shape index (κ2) is 5.18. The predicted octanol–water partition coefficient (Wildman–Crippen LogP) is -1.46. The Labute approximate surface area is 79.2 Å². The zero-order chi connectivity index (χ0) is 11.3. The van der Waals surface area contributed by atoms with Crippen LogP contribution in [-0.4, -0.2) is 47.4 Å². The van der Waals surface area contributed by atoms with E-state index in [0.717, 1.165) is 14.0 Å². The fraction of sp³-hybridized carbons (Fsp3) is 0.571. The van der Waals surface area contributed by atoms with E-state index >= 15 is 0 Å². The number of rotatable bonds is 4. The van der Waals surface area contributed by atoms with Crippen LogP contribution in [0.4, 0.5) is 0 Å². The number of aliphatic hydroxyl groups is 1. The van der Waals surface area contributed by atoms with Crippen molar-refractivity contribution in [3.63, 3.8) is 0 Å². The van der Waals surface area contributed by atoms with Crippen molar-refractivity contribution < 1.29 is 34.1 Å². The summed E-state index contributed by atoms with van der Waals surface area (Å²) < 4.78 is 8.29. The summed E-state index contributed by atoms with van der Waals surface area (Å²) in [6.45, 7) is 0.958. The molecule has 0 bridgehead atoms. The van der Waals surface area contributed by atoms with Crippen LogP contribution in [0, 0.1) is 0 Å². The van der Waals surface area contributed by atoms with Crippen LogP contribution in [0.15, 0.2) is 0 Å². The molecule has 0 unspecified atom stereocenters. The van der Waals surface area contributed by atoms with E-state index < -0.39 is 30.1 Å². The van der Waals surface area contributed by atoms with E-state index in [4.69, 9.17) is 10.2 Å². The van der Waals surface area contributed by atoms with Gasteiger partial charge >= 0.3 is 17.9 Å². The maximum Gasteiger partial charge on any atom is 0.348 e. The number of aliphatic carboxylic acids is 1. The third-order valence-corrected chi connectivity index (χ3v) is 1.27. The second-order valence-corrected chi connectivity index (χ2v) is 2.34. The van der Waals surface area contributed by atoms with Gasteiger partial charge < -0.3 is 19.7 Å². The number of methoxy groups -OCH3 is 1. The summed E-state index contributed by atoms with van der Waals surface area (Å²) in [5, 5.41) is 17.6. The Morgan fingerprint density at radius 3 is 2.07 bits per heavy atom. The Morgan fingerprint density at radius 2 is 1.79 bits per heavy atom. The first-order chi connectivity index (χ1) is 6.40. The third kappa shape index (κ3) is 3.40. The topological polar surface area (TPSA) is 110 Å². The lowest BCUT2D eigenvalue weighted by molar-refractivity contribution is -0.178. The van der Waals surface area contributed by atoms with Crippen molar-refractivity contribution in [1.29, 1.82) is 0 Å². The summed E-state index contributed by atoms with van der Waals surface area (Å²) in [6.07, 6.45) is -3.97. The lowest BCUT2D eigenvalue weighted by atomic mass is 10.2. The van der Waals surface area contributed by atoms with Crippen molar-refractivity contribution in [2.45, 2.75) is 19.1 Å². The summed E-state index contributed by atoms with van der Waals surface area (Å²) >= 11 is 0. The van der Waals surface area contributed by atoms with Gasteiger partial charge in [-0.25, -0.2) is 9.59 Å². The van der Waals surface area contributed by atoms with E-state index in [-0.39, 0.29) is 0 Å². The van der Waals surface area contributed by atoms with E-state index in [1.54, 1.807) is 0 Å². The van der Waals surface area contributed by atoms with Gasteiger partial charge in [0, 0.05) is 6.92 Å². The summed E-state index contributed by atoms with van der Waals surface area (Å²) in [5.41, 5.74) is 0. The number of carbonyl (C=O) groups is 3. The maximum atomic E-state index is 10.7. The molecule has 7 nitrogen and oxygen atoms in total. The monoisotopic (exact) mass is 206 g/mol.